The highest BCUT2D eigenvalue weighted by Gasteiger charge is 2.18. The minimum atomic E-state index is -0.320. The number of amides is 2. The first kappa shape index (κ1) is 19.5. The van der Waals surface area contributed by atoms with E-state index in [0.29, 0.717) is 23.5 Å². The molecule has 0 aliphatic rings. The van der Waals surface area contributed by atoms with E-state index in [4.69, 9.17) is 4.74 Å². The maximum Gasteiger partial charge on any atom is 0.251 e. The van der Waals surface area contributed by atoms with E-state index in [1.807, 2.05) is 49.2 Å². The molecule has 26 heavy (non-hydrogen) atoms. The Kier molecular flexibility index (Phi) is 6.74. The predicted octanol–water partition coefficient (Wildman–Crippen LogP) is 2.51. The summed E-state index contributed by atoms with van der Waals surface area (Å²) in [5, 5.41) is 5.50. The molecule has 0 saturated carbocycles. The molecule has 0 fully saturated rings. The highest BCUT2D eigenvalue weighted by Crippen LogP contribution is 2.17. The third kappa shape index (κ3) is 5.07. The molecule has 0 aliphatic carbocycles. The van der Waals surface area contributed by atoms with Crippen molar-refractivity contribution >= 4 is 17.5 Å². The summed E-state index contributed by atoms with van der Waals surface area (Å²) in [5.41, 5.74) is 2.34. The van der Waals surface area contributed by atoms with Gasteiger partial charge in [0, 0.05) is 30.9 Å². The molecule has 0 saturated heterocycles. The molecule has 138 valence electrons. The van der Waals surface area contributed by atoms with Gasteiger partial charge in [0.1, 0.15) is 5.75 Å². The molecule has 6 nitrogen and oxygen atoms in total. The fourth-order valence-electron chi connectivity index (χ4n) is 2.48. The van der Waals surface area contributed by atoms with Gasteiger partial charge in [0.2, 0.25) is 5.91 Å². The number of nitrogens with one attached hydrogen (secondary N) is 2. The largest absolute Gasteiger partial charge is 0.497 e. The predicted molar refractivity (Wildman–Crippen MR) is 102 cm³/mol. The van der Waals surface area contributed by atoms with Crippen molar-refractivity contribution in [2.45, 2.75) is 19.5 Å². The Morgan fingerprint density at radius 3 is 2.46 bits per heavy atom. The van der Waals surface area contributed by atoms with Crippen molar-refractivity contribution in [2.75, 3.05) is 26.5 Å². The first-order chi connectivity index (χ1) is 12.4. The number of rotatable bonds is 7. The maximum absolute atomic E-state index is 12.5. The van der Waals surface area contributed by atoms with E-state index < -0.39 is 0 Å². The number of ether oxygens (including phenoxy) is 1. The minimum Gasteiger partial charge on any atom is -0.497 e. The average molecular weight is 355 g/mol. The van der Waals surface area contributed by atoms with Crippen LogP contribution in [0.3, 0.4) is 0 Å². The molecule has 1 atom stereocenters. The van der Waals surface area contributed by atoms with Gasteiger partial charge in [0.15, 0.2) is 0 Å². The lowest BCUT2D eigenvalue weighted by molar-refractivity contribution is -0.120. The summed E-state index contributed by atoms with van der Waals surface area (Å²) in [5.74, 6) is 0.485. The number of carbonyl (C=O) groups excluding carboxylic acids is 2. The first-order valence-corrected chi connectivity index (χ1v) is 8.40. The zero-order valence-electron chi connectivity index (χ0n) is 15.6. The van der Waals surface area contributed by atoms with E-state index in [1.54, 1.807) is 32.4 Å². The third-order valence-corrected chi connectivity index (χ3v) is 4.25. The first-order valence-electron chi connectivity index (χ1n) is 8.40. The van der Waals surface area contributed by atoms with Gasteiger partial charge >= 0.3 is 0 Å². The summed E-state index contributed by atoms with van der Waals surface area (Å²) in [7, 11) is 5.09. The minimum absolute atomic E-state index is 0.0947. The number of nitrogens with zero attached hydrogens (tertiary/aromatic N) is 1. The Bertz CT molecular complexity index is 759. The van der Waals surface area contributed by atoms with Crippen LogP contribution in [0.4, 0.5) is 5.69 Å². The highest BCUT2D eigenvalue weighted by molar-refractivity contribution is 5.95. The van der Waals surface area contributed by atoms with E-state index in [1.165, 1.54) is 0 Å². The number of benzene rings is 2. The summed E-state index contributed by atoms with van der Waals surface area (Å²) < 4.78 is 5.17. The van der Waals surface area contributed by atoms with E-state index in [0.717, 1.165) is 5.56 Å². The molecule has 0 unspecified atom stereocenters. The highest BCUT2D eigenvalue weighted by atomic mass is 16.5. The van der Waals surface area contributed by atoms with E-state index >= 15 is 0 Å². The molecule has 2 N–H and O–H groups in total. The number of anilines is 1. The molecule has 2 rings (SSSR count). The van der Waals surface area contributed by atoms with Crippen LogP contribution in [0.2, 0.25) is 0 Å². The van der Waals surface area contributed by atoms with E-state index in [-0.39, 0.29) is 17.9 Å². The number of hydrogen-bond acceptors (Lipinski definition) is 4. The van der Waals surface area contributed by atoms with Gasteiger partial charge in [-0.25, -0.2) is 0 Å². The number of methoxy groups -OCH3 is 1. The van der Waals surface area contributed by atoms with Crippen molar-refractivity contribution in [2.24, 2.45) is 0 Å². The fourth-order valence-corrected chi connectivity index (χ4v) is 2.48. The summed E-state index contributed by atoms with van der Waals surface area (Å²) in [6, 6.07) is 14.3. The van der Waals surface area contributed by atoms with Crippen LogP contribution < -0.4 is 15.4 Å². The van der Waals surface area contributed by atoms with Crippen molar-refractivity contribution in [3.63, 3.8) is 0 Å². The van der Waals surface area contributed by atoms with Crippen LogP contribution >= 0.6 is 0 Å². The van der Waals surface area contributed by atoms with Crippen molar-refractivity contribution in [3.05, 3.63) is 59.7 Å². The van der Waals surface area contributed by atoms with Crippen LogP contribution in [0.25, 0.3) is 0 Å². The molecular formula is C20H25N3O3. The Morgan fingerprint density at radius 2 is 1.85 bits per heavy atom. The lowest BCUT2D eigenvalue weighted by Gasteiger charge is -2.24. The molecule has 0 radical (unpaired) electrons. The lowest BCUT2D eigenvalue weighted by atomic mass is 10.1. The van der Waals surface area contributed by atoms with Crippen LogP contribution in [0, 0.1) is 0 Å². The zero-order chi connectivity index (χ0) is 19.1. The second-order valence-corrected chi connectivity index (χ2v) is 6.09. The van der Waals surface area contributed by atoms with Crippen LogP contribution in [0.5, 0.6) is 5.75 Å². The topological polar surface area (TPSA) is 70.7 Å². The Morgan fingerprint density at radius 1 is 1.15 bits per heavy atom. The van der Waals surface area contributed by atoms with Gasteiger partial charge < -0.3 is 15.4 Å². The smallest absolute Gasteiger partial charge is 0.251 e. The van der Waals surface area contributed by atoms with Crippen LogP contribution in [-0.2, 0) is 11.3 Å². The molecule has 2 aromatic carbocycles. The van der Waals surface area contributed by atoms with Crippen LogP contribution in [-0.4, -0.2) is 44.0 Å². The fraction of sp³-hybridized carbons (Fsp3) is 0.300. The monoisotopic (exact) mass is 355 g/mol. The number of hydrogen-bond donors (Lipinski definition) is 2. The molecule has 0 heterocycles. The normalized spacial score (nSPS) is 11.7. The zero-order valence-corrected chi connectivity index (χ0v) is 15.6. The van der Waals surface area contributed by atoms with E-state index in [2.05, 4.69) is 10.6 Å². The standard InChI is InChI=1S/C20H25N3O3/c1-14(19(24)22-17-6-5-7-18(12-17)26-4)23(3)13-15-8-10-16(11-9-15)20(25)21-2/h5-12,14H,13H2,1-4H3,(H,21,25)(H,22,24)/t14-/m0/s1. The third-order valence-electron chi connectivity index (χ3n) is 4.25. The van der Waals surface area contributed by atoms with Crippen molar-refractivity contribution in [3.8, 4) is 5.75 Å². The Hall–Kier alpha value is -2.86. The quantitative estimate of drug-likeness (QED) is 0.801. The molecule has 2 aromatic rings. The van der Waals surface area contributed by atoms with Crippen molar-refractivity contribution in [1.82, 2.24) is 10.2 Å². The van der Waals surface area contributed by atoms with Crippen LogP contribution in [0.1, 0.15) is 22.8 Å². The summed E-state index contributed by atoms with van der Waals surface area (Å²) >= 11 is 0. The van der Waals surface area contributed by atoms with Gasteiger partial charge in [-0.15, -0.1) is 0 Å². The van der Waals surface area contributed by atoms with Gasteiger partial charge in [-0.3, -0.25) is 14.5 Å². The maximum atomic E-state index is 12.5. The SMILES string of the molecule is CNC(=O)c1ccc(CN(C)[C@@H](C)C(=O)Nc2cccc(OC)c2)cc1. The second kappa shape index (κ2) is 9.01. The van der Waals surface area contributed by atoms with Gasteiger partial charge in [-0.05, 0) is 43.8 Å². The molecule has 2 amide bonds. The summed E-state index contributed by atoms with van der Waals surface area (Å²) in [6.07, 6.45) is 0. The van der Waals surface area contributed by atoms with Gasteiger partial charge in [0.05, 0.1) is 13.2 Å². The molecule has 0 aliphatic heterocycles. The van der Waals surface area contributed by atoms with Crippen LogP contribution in [0.15, 0.2) is 48.5 Å². The second-order valence-electron chi connectivity index (χ2n) is 6.09. The molecule has 6 heteroatoms. The Balaban J connectivity index is 1.96. The van der Waals surface area contributed by atoms with Crippen molar-refractivity contribution in [1.29, 1.82) is 0 Å². The average Bonchev–Trinajstić information content (AvgIpc) is 2.67. The van der Waals surface area contributed by atoms with Crippen molar-refractivity contribution < 1.29 is 14.3 Å². The molecule has 0 aromatic heterocycles. The summed E-state index contributed by atoms with van der Waals surface area (Å²) in [6.45, 7) is 2.45. The van der Waals surface area contributed by atoms with Gasteiger partial charge in [0.25, 0.3) is 5.91 Å². The van der Waals surface area contributed by atoms with Gasteiger partial charge in [-0.2, -0.15) is 0 Å². The van der Waals surface area contributed by atoms with Gasteiger partial charge in [-0.1, -0.05) is 18.2 Å². The molecule has 0 spiro atoms. The number of likely N-dealkylation sites (N-methyl/N-ethyl adjacent to an activating group) is 1. The lowest BCUT2D eigenvalue weighted by Crippen LogP contribution is -2.39. The Labute approximate surface area is 154 Å². The van der Waals surface area contributed by atoms with E-state index in [9.17, 15) is 9.59 Å². The molecular weight excluding hydrogens is 330 g/mol. The molecule has 0 bridgehead atoms. The summed E-state index contributed by atoms with van der Waals surface area (Å²) in [4.78, 5) is 26.0. The number of carbonyl (C=O) groups is 2.